The number of hydrogen-bond donors (Lipinski definition) is 3. The first-order valence-electron chi connectivity index (χ1n) is 13.6. The normalized spacial score (nSPS) is 12.2. The van der Waals surface area contributed by atoms with Crippen LogP contribution in [0.2, 0.25) is 0 Å². The van der Waals surface area contributed by atoms with Crippen LogP contribution in [0, 0.1) is 0 Å². The zero-order valence-corrected chi connectivity index (χ0v) is 23.2. The van der Waals surface area contributed by atoms with Crippen LogP contribution in [0.5, 0.6) is 11.5 Å². The van der Waals surface area contributed by atoms with Gasteiger partial charge in [0.15, 0.2) is 0 Å². The lowest BCUT2D eigenvalue weighted by Gasteiger charge is -2.25. The van der Waals surface area contributed by atoms with Gasteiger partial charge in [0.05, 0.1) is 24.1 Å². The van der Waals surface area contributed by atoms with E-state index in [0.717, 1.165) is 38.5 Å². The number of rotatable bonds is 7. The number of benzene rings is 4. The number of aromatic hydroxyl groups is 1. The minimum absolute atomic E-state index is 0.0600. The van der Waals surface area contributed by atoms with Crippen molar-refractivity contribution in [1.29, 1.82) is 0 Å². The minimum atomic E-state index is -0.709. The molecule has 1 unspecified atom stereocenters. The van der Waals surface area contributed by atoms with Crippen molar-refractivity contribution in [2.24, 2.45) is 7.05 Å². The van der Waals surface area contributed by atoms with Gasteiger partial charge in [0, 0.05) is 48.1 Å². The number of carbonyl (C=O) groups is 1. The topological polar surface area (TPSA) is 96.3 Å². The van der Waals surface area contributed by atoms with Gasteiger partial charge in [0.1, 0.15) is 11.5 Å². The number of pyridine rings is 1. The lowest BCUT2D eigenvalue weighted by Crippen LogP contribution is -2.26. The summed E-state index contributed by atoms with van der Waals surface area (Å²) in [6.07, 6.45) is 0.525. The van der Waals surface area contributed by atoms with Gasteiger partial charge in [-0.05, 0) is 47.0 Å². The Labute approximate surface area is 237 Å². The molecule has 206 valence electrons. The van der Waals surface area contributed by atoms with Crippen LogP contribution in [0.3, 0.4) is 0 Å². The first-order chi connectivity index (χ1) is 19.9. The van der Waals surface area contributed by atoms with Crippen LogP contribution >= 0.6 is 0 Å². The Kier molecular flexibility index (Phi) is 6.71. The maximum atomic E-state index is 14.2. The number of aromatic nitrogens is 2. The summed E-state index contributed by atoms with van der Waals surface area (Å²) in [4.78, 5) is 29.6. The molecule has 1 atom stereocenters. The van der Waals surface area contributed by atoms with Crippen molar-refractivity contribution in [3.8, 4) is 11.5 Å². The summed E-state index contributed by atoms with van der Waals surface area (Å²) in [5.41, 5.74) is 4.02. The molecule has 6 rings (SSSR count). The summed E-state index contributed by atoms with van der Waals surface area (Å²) in [5.74, 6) is -0.274. The Bertz CT molecular complexity index is 2000. The average molecular weight is 546 g/mol. The van der Waals surface area contributed by atoms with E-state index in [0.29, 0.717) is 29.6 Å². The summed E-state index contributed by atoms with van der Waals surface area (Å²) >= 11 is 0. The van der Waals surface area contributed by atoms with E-state index in [1.165, 1.54) is 6.92 Å². The van der Waals surface area contributed by atoms with E-state index >= 15 is 0 Å². The molecule has 0 aliphatic rings. The van der Waals surface area contributed by atoms with Crippen molar-refractivity contribution in [3.05, 3.63) is 118 Å². The number of H-pyrrole nitrogens is 1. The number of para-hydroxylation sites is 2. The second-order valence-corrected chi connectivity index (χ2v) is 10.3. The molecule has 2 heterocycles. The van der Waals surface area contributed by atoms with Gasteiger partial charge < -0.3 is 24.7 Å². The van der Waals surface area contributed by atoms with Gasteiger partial charge in [0.25, 0.3) is 5.56 Å². The van der Waals surface area contributed by atoms with Crippen LogP contribution < -0.4 is 15.6 Å². The van der Waals surface area contributed by atoms with E-state index in [1.54, 1.807) is 18.7 Å². The monoisotopic (exact) mass is 545 g/mol. The molecule has 0 aliphatic heterocycles. The van der Waals surface area contributed by atoms with Gasteiger partial charge in [-0.15, -0.1) is 0 Å². The van der Waals surface area contributed by atoms with Crippen molar-refractivity contribution in [1.82, 2.24) is 14.9 Å². The number of nitrogens with one attached hydrogen (secondary N) is 2. The molecule has 0 spiro atoms. The molecule has 4 aromatic carbocycles. The molecule has 0 aliphatic carbocycles. The van der Waals surface area contributed by atoms with Gasteiger partial charge in [-0.3, -0.25) is 9.59 Å². The van der Waals surface area contributed by atoms with E-state index in [1.807, 2.05) is 84.9 Å². The number of amides is 1. The van der Waals surface area contributed by atoms with E-state index in [2.05, 4.69) is 10.3 Å². The molecular formula is C34H31N3O4. The van der Waals surface area contributed by atoms with Crippen LogP contribution in [-0.2, 0) is 18.3 Å². The largest absolute Gasteiger partial charge is 0.507 e. The van der Waals surface area contributed by atoms with Crippen LogP contribution in [-0.4, -0.2) is 34.2 Å². The molecule has 0 radical (unpaired) electrons. The number of nitrogens with zero attached hydrogens (tertiary/aromatic N) is 1. The number of fused-ring (bicyclic) bond motifs is 3. The number of ether oxygens (including phenoxy) is 1. The average Bonchev–Trinajstić information content (AvgIpc) is 3.35. The Morgan fingerprint density at radius 1 is 0.927 bits per heavy atom. The number of aromatic amines is 1. The van der Waals surface area contributed by atoms with Gasteiger partial charge >= 0.3 is 0 Å². The highest BCUT2D eigenvalue weighted by Gasteiger charge is 2.33. The van der Waals surface area contributed by atoms with Crippen molar-refractivity contribution in [2.45, 2.75) is 19.3 Å². The van der Waals surface area contributed by atoms with Crippen molar-refractivity contribution < 1.29 is 14.6 Å². The van der Waals surface area contributed by atoms with Gasteiger partial charge in [-0.25, -0.2) is 0 Å². The lowest BCUT2D eigenvalue weighted by atomic mass is 9.82. The molecule has 0 saturated heterocycles. The number of hydrogen-bond acceptors (Lipinski definition) is 4. The summed E-state index contributed by atoms with van der Waals surface area (Å²) in [5, 5.41) is 18.3. The number of methoxy groups -OCH3 is 1. The molecule has 0 saturated carbocycles. The Hall–Kier alpha value is -5.04. The van der Waals surface area contributed by atoms with Gasteiger partial charge in [0.2, 0.25) is 5.91 Å². The quantitative estimate of drug-likeness (QED) is 0.238. The highest BCUT2D eigenvalue weighted by molar-refractivity contribution is 5.93. The first-order valence-corrected chi connectivity index (χ1v) is 13.6. The predicted molar refractivity (Wildman–Crippen MR) is 163 cm³/mol. The molecule has 41 heavy (non-hydrogen) atoms. The van der Waals surface area contributed by atoms with Crippen molar-refractivity contribution in [3.63, 3.8) is 0 Å². The van der Waals surface area contributed by atoms with Crippen LogP contribution in [0.1, 0.15) is 35.2 Å². The fourth-order valence-electron chi connectivity index (χ4n) is 6.05. The highest BCUT2D eigenvalue weighted by Crippen LogP contribution is 2.46. The second kappa shape index (κ2) is 10.5. The van der Waals surface area contributed by atoms with Crippen LogP contribution in [0.25, 0.3) is 32.6 Å². The molecule has 7 heteroatoms. The fraction of sp³-hybridized carbons (Fsp3) is 0.176. The predicted octanol–water partition coefficient (Wildman–Crippen LogP) is 5.75. The third-order valence-electron chi connectivity index (χ3n) is 7.92. The summed E-state index contributed by atoms with van der Waals surface area (Å²) in [6, 6.07) is 27.2. The van der Waals surface area contributed by atoms with Gasteiger partial charge in [-0.1, -0.05) is 60.7 Å². The zero-order valence-electron chi connectivity index (χ0n) is 23.2. The summed E-state index contributed by atoms with van der Waals surface area (Å²) < 4.78 is 7.53. The van der Waals surface area contributed by atoms with E-state index < -0.39 is 5.92 Å². The standard InChI is InChI=1S/C34H31N3O4/c1-20(38)35-19-18-24-23-12-6-8-14-26(23)36-32(24)30(29-22-11-5-4-10-21(22)16-17-28(29)41-3)31-33(39)25-13-7-9-15-27(25)37(2)34(31)40/h4-17,30,36,39H,18-19H2,1-3H3,(H,35,38). The Morgan fingerprint density at radius 3 is 2.37 bits per heavy atom. The van der Waals surface area contributed by atoms with Crippen molar-refractivity contribution in [2.75, 3.05) is 13.7 Å². The highest BCUT2D eigenvalue weighted by atomic mass is 16.5. The maximum absolute atomic E-state index is 14.2. The van der Waals surface area contributed by atoms with E-state index in [4.69, 9.17) is 4.74 Å². The number of carbonyl (C=O) groups excluding carboxylic acids is 1. The molecule has 3 N–H and O–H groups in total. The molecule has 0 bridgehead atoms. The molecule has 7 nitrogen and oxygen atoms in total. The van der Waals surface area contributed by atoms with Gasteiger partial charge in [-0.2, -0.15) is 0 Å². The molecule has 2 aromatic heterocycles. The summed E-state index contributed by atoms with van der Waals surface area (Å²) in [6.45, 7) is 1.92. The Morgan fingerprint density at radius 2 is 1.61 bits per heavy atom. The lowest BCUT2D eigenvalue weighted by molar-refractivity contribution is -0.118. The molecule has 1 amide bonds. The van der Waals surface area contributed by atoms with Crippen LogP contribution in [0.4, 0.5) is 0 Å². The summed E-state index contributed by atoms with van der Waals surface area (Å²) in [7, 11) is 3.35. The zero-order chi connectivity index (χ0) is 28.7. The van der Waals surface area contributed by atoms with E-state index in [-0.39, 0.29) is 22.8 Å². The molecular weight excluding hydrogens is 514 g/mol. The molecule has 6 aromatic rings. The molecule has 0 fully saturated rings. The van der Waals surface area contributed by atoms with E-state index in [9.17, 15) is 14.7 Å². The van der Waals surface area contributed by atoms with Crippen molar-refractivity contribution >= 4 is 38.5 Å². The third kappa shape index (κ3) is 4.39. The first kappa shape index (κ1) is 26.2. The minimum Gasteiger partial charge on any atom is -0.507 e. The maximum Gasteiger partial charge on any atom is 0.258 e. The van der Waals surface area contributed by atoms with Crippen LogP contribution in [0.15, 0.2) is 89.7 Å². The number of aryl methyl sites for hydroxylation is 1. The second-order valence-electron chi connectivity index (χ2n) is 10.3. The fourth-order valence-corrected chi connectivity index (χ4v) is 6.05. The Balaban J connectivity index is 1.76. The SMILES string of the molecule is COc1ccc2ccccc2c1C(c1[nH]c2ccccc2c1CCNC(C)=O)c1c(O)c2ccccc2n(C)c1=O. The smallest absolute Gasteiger partial charge is 0.258 e. The third-order valence-corrected chi connectivity index (χ3v) is 7.92.